The molecule has 1 aliphatic rings. The summed E-state index contributed by atoms with van der Waals surface area (Å²) >= 11 is 0. The fraction of sp³-hybridized carbons (Fsp3) is 0.600. The maximum Gasteiger partial charge on any atom is 0.0414 e. The van der Waals surface area contributed by atoms with Gasteiger partial charge in [0.15, 0.2) is 0 Å². The van der Waals surface area contributed by atoms with Gasteiger partial charge in [-0.25, -0.2) is 0 Å². The first-order valence-electron chi connectivity index (χ1n) is 6.76. The second kappa shape index (κ2) is 5.54. The first-order valence-corrected chi connectivity index (χ1v) is 6.76. The number of nitrogens with one attached hydrogen (secondary N) is 1. The fourth-order valence-corrected chi connectivity index (χ4v) is 2.55. The largest absolute Gasteiger partial charge is 0.369 e. The van der Waals surface area contributed by atoms with Crippen LogP contribution in [0, 0.1) is 0 Å². The molecule has 0 saturated carbocycles. The number of nitrogens with zero attached hydrogens (tertiary/aromatic N) is 1. The van der Waals surface area contributed by atoms with Crippen molar-refractivity contribution < 1.29 is 0 Å². The third-order valence-corrected chi connectivity index (χ3v) is 3.55. The summed E-state index contributed by atoms with van der Waals surface area (Å²) in [5.41, 5.74) is 2.85. The Morgan fingerprint density at radius 1 is 1.35 bits per heavy atom. The molecule has 1 aliphatic heterocycles. The van der Waals surface area contributed by atoms with Gasteiger partial charge in [0.25, 0.3) is 0 Å². The Kier molecular flexibility index (Phi) is 4.06. The molecular weight excluding hydrogens is 208 g/mol. The van der Waals surface area contributed by atoms with Crippen LogP contribution in [0.4, 0.5) is 5.69 Å². The third kappa shape index (κ3) is 3.01. The zero-order valence-electron chi connectivity index (χ0n) is 11.2. The van der Waals surface area contributed by atoms with Crippen molar-refractivity contribution in [3.8, 4) is 0 Å². The van der Waals surface area contributed by atoms with Gasteiger partial charge in [0.1, 0.15) is 0 Å². The van der Waals surface area contributed by atoms with Gasteiger partial charge in [-0.15, -0.1) is 0 Å². The number of anilines is 1. The molecule has 0 aliphatic carbocycles. The van der Waals surface area contributed by atoms with Crippen LogP contribution < -0.4 is 10.2 Å². The topological polar surface area (TPSA) is 15.3 Å². The standard InChI is InChI=1S/C15H24N2/c1-12(2)16-11-14-8-4-5-9-15(14)17-10-6-7-13(17)3/h4-5,8-9,12-13,16H,6-7,10-11H2,1-3H3. The lowest BCUT2D eigenvalue weighted by atomic mass is 10.1. The van der Waals surface area contributed by atoms with Crippen LogP contribution in [0.2, 0.25) is 0 Å². The zero-order chi connectivity index (χ0) is 12.3. The molecule has 0 aromatic heterocycles. The summed E-state index contributed by atoms with van der Waals surface area (Å²) in [4.78, 5) is 2.55. The average Bonchev–Trinajstić information content (AvgIpc) is 2.73. The van der Waals surface area contributed by atoms with Crippen LogP contribution in [-0.2, 0) is 6.54 Å². The van der Waals surface area contributed by atoms with Gasteiger partial charge in [-0.2, -0.15) is 0 Å². The van der Waals surface area contributed by atoms with Crippen molar-refractivity contribution in [2.75, 3.05) is 11.4 Å². The van der Waals surface area contributed by atoms with E-state index in [1.54, 1.807) is 0 Å². The van der Waals surface area contributed by atoms with Crippen LogP contribution in [0.3, 0.4) is 0 Å². The molecule has 1 aromatic rings. The molecule has 94 valence electrons. The maximum atomic E-state index is 3.51. The lowest BCUT2D eigenvalue weighted by Gasteiger charge is -2.26. The summed E-state index contributed by atoms with van der Waals surface area (Å²) in [5.74, 6) is 0. The van der Waals surface area contributed by atoms with Crippen LogP contribution >= 0.6 is 0 Å². The van der Waals surface area contributed by atoms with Crippen LogP contribution in [0.5, 0.6) is 0 Å². The van der Waals surface area contributed by atoms with Gasteiger partial charge in [0, 0.05) is 30.9 Å². The second-order valence-corrected chi connectivity index (χ2v) is 5.35. The highest BCUT2D eigenvalue weighted by atomic mass is 15.2. The van der Waals surface area contributed by atoms with Gasteiger partial charge < -0.3 is 10.2 Å². The van der Waals surface area contributed by atoms with E-state index >= 15 is 0 Å². The Bertz CT molecular complexity index is 360. The molecule has 1 atom stereocenters. The van der Waals surface area contributed by atoms with E-state index in [1.807, 2.05) is 0 Å². The molecule has 1 aromatic carbocycles. The van der Waals surface area contributed by atoms with Crippen LogP contribution in [0.15, 0.2) is 24.3 Å². The van der Waals surface area contributed by atoms with Gasteiger partial charge in [0.2, 0.25) is 0 Å². The van der Waals surface area contributed by atoms with E-state index in [-0.39, 0.29) is 0 Å². The first kappa shape index (κ1) is 12.4. The van der Waals surface area contributed by atoms with E-state index in [0.717, 1.165) is 6.54 Å². The van der Waals surface area contributed by atoms with Crippen LogP contribution in [0.25, 0.3) is 0 Å². The van der Waals surface area contributed by atoms with E-state index in [1.165, 1.54) is 30.6 Å². The molecule has 0 amide bonds. The molecule has 1 fully saturated rings. The zero-order valence-corrected chi connectivity index (χ0v) is 11.2. The highest BCUT2D eigenvalue weighted by Gasteiger charge is 2.22. The Labute approximate surface area is 105 Å². The molecule has 2 nitrogen and oxygen atoms in total. The van der Waals surface area contributed by atoms with Gasteiger partial charge in [-0.05, 0) is 31.4 Å². The molecule has 0 radical (unpaired) electrons. The summed E-state index contributed by atoms with van der Waals surface area (Å²) in [6.45, 7) is 8.90. The van der Waals surface area contributed by atoms with E-state index in [9.17, 15) is 0 Å². The number of para-hydroxylation sites is 1. The Hall–Kier alpha value is -1.02. The quantitative estimate of drug-likeness (QED) is 0.857. The summed E-state index contributed by atoms with van der Waals surface area (Å²) in [6.07, 6.45) is 2.65. The van der Waals surface area contributed by atoms with Gasteiger partial charge in [0.05, 0.1) is 0 Å². The predicted molar refractivity (Wildman–Crippen MR) is 74.5 cm³/mol. The van der Waals surface area contributed by atoms with Gasteiger partial charge >= 0.3 is 0 Å². The predicted octanol–water partition coefficient (Wildman–Crippen LogP) is 3.17. The lowest BCUT2D eigenvalue weighted by molar-refractivity contribution is 0.587. The van der Waals surface area contributed by atoms with Crippen molar-refractivity contribution in [2.24, 2.45) is 0 Å². The average molecular weight is 232 g/mol. The van der Waals surface area contributed by atoms with Crippen molar-refractivity contribution in [2.45, 2.75) is 52.2 Å². The Morgan fingerprint density at radius 2 is 2.12 bits per heavy atom. The van der Waals surface area contributed by atoms with Crippen molar-refractivity contribution in [1.29, 1.82) is 0 Å². The van der Waals surface area contributed by atoms with Crippen LogP contribution in [-0.4, -0.2) is 18.6 Å². The van der Waals surface area contributed by atoms with E-state index < -0.39 is 0 Å². The van der Waals surface area contributed by atoms with E-state index in [4.69, 9.17) is 0 Å². The van der Waals surface area contributed by atoms with Crippen molar-refractivity contribution in [3.05, 3.63) is 29.8 Å². The molecule has 17 heavy (non-hydrogen) atoms. The number of hydrogen-bond acceptors (Lipinski definition) is 2. The number of benzene rings is 1. The summed E-state index contributed by atoms with van der Waals surface area (Å²) in [6, 6.07) is 10.0. The number of hydrogen-bond donors (Lipinski definition) is 1. The summed E-state index contributed by atoms with van der Waals surface area (Å²) in [5, 5.41) is 3.51. The Balaban J connectivity index is 2.15. The monoisotopic (exact) mass is 232 g/mol. The first-order chi connectivity index (χ1) is 8.18. The van der Waals surface area contributed by atoms with Crippen molar-refractivity contribution in [1.82, 2.24) is 5.32 Å². The van der Waals surface area contributed by atoms with Crippen molar-refractivity contribution in [3.63, 3.8) is 0 Å². The highest BCUT2D eigenvalue weighted by molar-refractivity contribution is 5.55. The third-order valence-electron chi connectivity index (χ3n) is 3.55. The molecule has 1 N–H and O–H groups in total. The van der Waals surface area contributed by atoms with Gasteiger partial charge in [-0.1, -0.05) is 32.0 Å². The molecule has 2 heteroatoms. The molecule has 1 heterocycles. The number of rotatable bonds is 4. The lowest BCUT2D eigenvalue weighted by Crippen LogP contribution is -2.29. The van der Waals surface area contributed by atoms with E-state index in [2.05, 4.69) is 55.3 Å². The molecule has 1 unspecified atom stereocenters. The molecular formula is C15H24N2. The summed E-state index contributed by atoms with van der Waals surface area (Å²) in [7, 11) is 0. The smallest absolute Gasteiger partial charge is 0.0414 e. The van der Waals surface area contributed by atoms with Gasteiger partial charge in [-0.3, -0.25) is 0 Å². The molecule has 2 rings (SSSR count). The fourth-order valence-electron chi connectivity index (χ4n) is 2.55. The minimum atomic E-state index is 0.541. The SMILES string of the molecule is CC(C)NCc1ccccc1N1CCCC1C. The minimum absolute atomic E-state index is 0.541. The molecule has 1 saturated heterocycles. The minimum Gasteiger partial charge on any atom is -0.369 e. The molecule has 0 spiro atoms. The molecule has 0 bridgehead atoms. The maximum absolute atomic E-state index is 3.51. The van der Waals surface area contributed by atoms with E-state index in [0.29, 0.717) is 12.1 Å². The normalized spacial score (nSPS) is 20.2. The highest BCUT2D eigenvalue weighted by Crippen LogP contribution is 2.28. The summed E-state index contributed by atoms with van der Waals surface area (Å²) < 4.78 is 0. The van der Waals surface area contributed by atoms with Crippen LogP contribution in [0.1, 0.15) is 39.2 Å². The van der Waals surface area contributed by atoms with Crippen molar-refractivity contribution >= 4 is 5.69 Å². The second-order valence-electron chi connectivity index (χ2n) is 5.35. The Morgan fingerprint density at radius 3 is 2.76 bits per heavy atom.